The maximum absolute atomic E-state index is 12.8. The Labute approximate surface area is 325 Å². The van der Waals surface area contributed by atoms with Crippen molar-refractivity contribution in [3.05, 3.63) is 94.0 Å². The third-order valence-corrected chi connectivity index (χ3v) is 12.1. The number of aliphatic carboxylic acids is 1. The Morgan fingerprint density at radius 2 is 1.58 bits per heavy atom. The fourth-order valence-electron chi connectivity index (χ4n) is 8.93. The van der Waals surface area contributed by atoms with Crippen LogP contribution in [0.15, 0.2) is 60.7 Å². The molecule has 0 saturated heterocycles. The minimum atomic E-state index is -1.04. The Bertz CT molecular complexity index is 2030. The molecular weight excluding hydrogens is 697 g/mol. The lowest BCUT2D eigenvalue weighted by molar-refractivity contribution is -0.958. The topological polar surface area (TPSA) is 98.8 Å². The summed E-state index contributed by atoms with van der Waals surface area (Å²) in [6.45, 7) is 6.05. The van der Waals surface area contributed by atoms with Gasteiger partial charge in [-0.05, 0) is 91.0 Å². The predicted molar refractivity (Wildman–Crippen MR) is 209 cm³/mol. The SMILES string of the molecule is CCCCOc1c(OC)cc2c3c1Oc1cc4c(cc1OC)CC[N+](C)(C(CC)C(=O)[O-])C4Cc1ccc(cc1)Oc1cc(ccc1OC)CC3N(C)CC2. The van der Waals surface area contributed by atoms with Gasteiger partial charge in [-0.1, -0.05) is 38.5 Å². The number of hydrogen-bond acceptors (Lipinski definition) is 9. The number of carbonyl (C=O) groups is 1. The van der Waals surface area contributed by atoms with Gasteiger partial charge in [-0.25, -0.2) is 0 Å². The number of ether oxygens (including phenoxy) is 6. The zero-order chi connectivity index (χ0) is 38.9. The van der Waals surface area contributed by atoms with Gasteiger partial charge in [-0.3, -0.25) is 4.90 Å². The molecule has 6 bridgehead atoms. The quantitative estimate of drug-likeness (QED) is 0.122. The van der Waals surface area contributed by atoms with E-state index in [-0.39, 0.29) is 12.1 Å². The predicted octanol–water partition coefficient (Wildman–Crippen LogP) is 7.38. The van der Waals surface area contributed by atoms with Gasteiger partial charge in [0, 0.05) is 43.0 Å². The van der Waals surface area contributed by atoms with Gasteiger partial charge in [0.15, 0.2) is 34.5 Å². The van der Waals surface area contributed by atoms with E-state index in [2.05, 4.69) is 68.4 Å². The van der Waals surface area contributed by atoms with E-state index in [0.29, 0.717) is 89.3 Å². The van der Waals surface area contributed by atoms with E-state index in [1.165, 1.54) is 0 Å². The molecule has 0 amide bonds. The monoisotopic (exact) mass is 750 g/mol. The van der Waals surface area contributed by atoms with Crippen molar-refractivity contribution in [3.63, 3.8) is 0 Å². The zero-order valence-corrected chi connectivity index (χ0v) is 33.2. The van der Waals surface area contributed by atoms with Gasteiger partial charge in [0.25, 0.3) is 0 Å². The number of rotatable bonds is 10. The van der Waals surface area contributed by atoms with Crippen LogP contribution in [0.1, 0.15) is 78.6 Å². The van der Waals surface area contributed by atoms with E-state index in [1.807, 2.05) is 25.1 Å². The van der Waals surface area contributed by atoms with E-state index in [1.54, 1.807) is 21.3 Å². The van der Waals surface area contributed by atoms with Crippen LogP contribution in [-0.4, -0.2) is 76.5 Å². The lowest BCUT2D eigenvalue weighted by Gasteiger charge is -2.50. The summed E-state index contributed by atoms with van der Waals surface area (Å²) in [4.78, 5) is 15.2. The molecule has 4 heterocycles. The first-order valence-electron chi connectivity index (χ1n) is 19.6. The fraction of sp³-hybridized carbons (Fsp3) is 0.444. The van der Waals surface area contributed by atoms with E-state index in [0.717, 1.165) is 59.2 Å². The first-order chi connectivity index (χ1) is 26.6. The average molecular weight is 751 g/mol. The van der Waals surface area contributed by atoms with Gasteiger partial charge in [0.2, 0.25) is 5.75 Å². The average Bonchev–Trinajstić information content (AvgIpc) is 3.18. The summed E-state index contributed by atoms with van der Waals surface area (Å²) in [5.41, 5.74) is 6.46. The van der Waals surface area contributed by atoms with Crippen LogP contribution in [-0.2, 0) is 30.5 Å². The molecule has 4 atom stereocenters. The standard InChI is InChI=1S/C45H54N2O8/c1-8-10-21-53-43-41(52-7)26-31-17-19-46(3)34-22-29-13-16-37(50-5)39(24-29)54-32-14-11-28(12-15-32)23-36-33-27-40(55-44(43)42(31)34)38(51-6)25-30(33)18-20-47(36,4)35(9-2)45(48)49/h11-16,24-27,34-36H,8-10,17-23H2,1-7H3. The summed E-state index contributed by atoms with van der Waals surface area (Å²) in [5.74, 6) is 3.85. The van der Waals surface area contributed by atoms with Crippen LogP contribution in [0.5, 0.6) is 46.0 Å². The number of methoxy groups -OCH3 is 3. The van der Waals surface area contributed by atoms with Crippen LogP contribution in [0.4, 0.5) is 0 Å². The smallest absolute Gasteiger partial charge is 0.204 e. The molecule has 4 aromatic rings. The number of carbonyl (C=O) groups excluding carboxylic acids is 1. The Hall–Kier alpha value is -4.93. The Morgan fingerprint density at radius 1 is 0.873 bits per heavy atom. The highest BCUT2D eigenvalue weighted by molar-refractivity contribution is 5.70. The van der Waals surface area contributed by atoms with Crippen molar-refractivity contribution in [1.29, 1.82) is 0 Å². The van der Waals surface area contributed by atoms with Gasteiger partial charge in [0.05, 0.1) is 47.5 Å². The number of likely N-dealkylation sites (N-methyl/N-ethyl adjacent to an activating group) is 2. The number of carboxylic acid groups (broad SMARTS) is 1. The van der Waals surface area contributed by atoms with Crippen LogP contribution in [0.2, 0.25) is 0 Å². The second-order valence-corrected chi connectivity index (χ2v) is 15.3. The van der Waals surface area contributed by atoms with E-state index in [9.17, 15) is 9.90 Å². The van der Waals surface area contributed by atoms with Crippen molar-refractivity contribution in [2.45, 2.75) is 76.9 Å². The number of nitrogens with zero attached hydrogens (tertiary/aromatic N) is 2. The van der Waals surface area contributed by atoms with Gasteiger partial charge in [-0.15, -0.1) is 0 Å². The van der Waals surface area contributed by atoms with Crippen molar-refractivity contribution in [2.75, 3.05) is 55.1 Å². The highest BCUT2D eigenvalue weighted by atomic mass is 16.6. The van der Waals surface area contributed by atoms with E-state index in [4.69, 9.17) is 28.4 Å². The van der Waals surface area contributed by atoms with Crippen molar-refractivity contribution < 1.29 is 42.8 Å². The van der Waals surface area contributed by atoms with Crippen molar-refractivity contribution in [3.8, 4) is 46.0 Å². The molecule has 4 aliphatic rings. The molecule has 4 unspecified atom stereocenters. The number of carboxylic acids is 1. The molecule has 4 aromatic carbocycles. The molecule has 10 heteroatoms. The summed E-state index contributed by atoms with van der Waals surface area (Å²) in [7, 11) is 9.20. The second kappa shape index (κ2) is 16.0. The maximum Gasteiger partial charge on any atom is 0.204 e. The van der Waals surface area contributed by atoms with E-state index < -0.39 is 12.0 Å². The van der Waals surface area contributed by atoms with Crippen LogP contribution in [0.25, 0.3) is 0 Å². The Morgan fingerprint density at radius 3 is 2.27 bits per heavy atom. The van der Waals surface area contributed by atoms with Crippen LogP contribution < -0.4 is 33.5 Å². The van der Waals surface area contributed by atoms with Crippen molar-refractivity contribution in [2.24, 2.45) is 0 Å². The summed E-state index contributed by atoms with van der Waals surface area (Å²) in [6.07, 6.45) is 5.03. The normalized spacial score (nSPS) is 20.9. The minimum absolute atomic E-state index is 0.0812. The molecular formula is C45H54N2O8. The van der Waals surface area contributed by atoms with Gasteiger partial charge >= 0.3 is 0 Å². The van der Waals surface area contributed by atoms with Gasteiger partial charge < -0.3 is 42.8 Å². The molecule has 0 radical (unpaired) electrons. The number of benzene rings is 4. The second-order valence-electron chi connectivity index (χ2n) is 15.3. The summed E-state index contributed by atoms with van der Waals surface area (Å²) >= 11 is 0. The van der Waals surface area contributed by atoms with Crippen molar-refractivity contribution >= 4 is 5.97 Å². The number of fused-ring (bicyclic) bond motifs is 2. The minimum Gasteiger partial charge on any atom is -0.544 e. The van der Waals surface area contributed by atoms with Crippen LogP contribution in [0.3, 0.4) is 0 Å². The third kappa shape index (κ3) is 7.30. The van der Waals surface area contributed by atoms with Crippen LogP contribution >= 0.6 is 0 Å². The highest BCUT2D eigenvalue weighted by Crippen LogP contribution is 2.53. The Balaban J connectivity index is 1.50. The maximum atomic E-state index is 12.8. The summed E-state index contributed by atoms with van der Waals surface area (Å²) in [6, 6.07) is 19.4. The third-order valence-electron chi connectivity index (χ3n) is 12.1. The molecule has 0 fully saturated rings. The molecule has 55 heavy (non-hydrogen) atoms. The molecule has 0 N–H and O–H groups in total. The first kappa shape index (κ1) is 38.3. The molecule has 0 aromatic heterocycles. The number of hydrogen-bond donors (Lipinski definition) is 0. The van der Waals surface area contributed by atoms with Gasteiger partial charge in [0.1, 0.15) is 17.8 Å². The van der Waals surface area contributed by atoms with Crippen molar-refractivity contribution in [1.82, 2.24) is 4.90 Å². The zero-order valence-electron chi connectivity index (χ0n) is 33.2. The Kier molecular flexibility index (Phi) is 11.2. The molecule has 0 aliphatic carbocycles. The molecule has 0 spiro atoms. The molecule has 10 nitrogen and oxygen atoms in total. The summed E-state index contributed by atoms with van der Waals surface area (Å²) in [5, 5.41) is 12.8. The molecule has 4 aliphatic heterocycles. The number of quaternary nitrogens is 1. The molecule has 8 rings (SSSR count). The van der Waals surface area contributed by atoms with Crippen LogP contribution in [0, 0.1) is 0 Å². The molecule has 0 saturated carbocycles. The largest absolute Gasteiger partial charge is 0.544 e. The summed E-state index contributed by atoms with van der Waals surface area (Å²) < 4.78 is 38.5. The molecule has 292 valence electrons. The fourth-order valence-corrected chi connectivity index (χ4v) is 8.93. The lowest BCUT2D eigenvalue weighted by Crippen LogP contribution is -2.63. The van der Waals surface area contributed by atoms with E-state index >= 15 is 0 Å². The lowest BCUT2D eigenvalue weighted by atomic mass is 9.84. The number of unbranched alkanes of at least 4 members (excludes halogenated alkanes) is 1. The first-order valence-corrected chi connectivity index (χ1v) is 19.6. The van der Waals surface area contributed by atoms with Gasteiger partial charge in [-0.2, -0.15) is 0 Å². The highest BCUT2D eigenvalue weighted by Gasteiger charge is 2.45.